The van der Waals surface area contributed by atoms with Crippen LogP contribution in [0.1, 0.15) is 67.1 Å². The van der Waals surface area contributed by atoms with Gasteiger partial charge in [-0.25, -0.2) is 4.79 Å². The maximum Gasteiger partial charge on any atom is 0.407 e. The highest BCUT2D eigenvalue weighted by Crippen LogP contribution is 2.29. The number of carbonyl (C=O) groups excluding carboxylic acids is 3. The van der Waals surface area contributed by atoms with Crippen LogP contribution in [0.15, 0.2) is 48.5 Å². The second-order valence-corrected chi connectivity index (χ2v) is 12.2. The van der Waals surface area contributed by atoms with Gasteiger partial charge in [0.15, 0.2) is 0 Å². The minimum atomic E-state index is -0.991. The summed E-state index contributed by atoms with van der Waals surface area (Å²) in [7, 11) is 0. The van der Waals surface area contributed by atoms with Gasteiger partial charge in [-0.3, -0.25) is 14.4 Å². The zero-order chi connectivity index (χ0) is 29.6. The molecule has 3 atom stereocenters. The maximum atomic E-state index is 13.1. The highest BCUT2D eigenvalue weighted by atomic mass is 16.6. The van der Waals surface area contributed by atoms with Crippen molar-refractivity contribution in [2.24, 2.45) is 11.8 Å². The molecular weight excluding hydrogens is 522 g/mol. The van der Waals surface area contributed by atoms with Gasteiger partial charge in [-0.2, -0.15) is 0 Å². The SMILES string of the molecule is CC(C)(C)OC(=O)NCC1Cc2ccc(C(=O)NC[C@@H]3C[C@@H](CC(=O)O)C(=O)N3CCCc3ccccc3)cc2C1. The number of rotatable bonds is 11. The van der Waals surface area contributed by atoms with Gasteiger partial charge in [-0.1, -0.05) is 36.4 Å². The first-order valence-electron chi connectivity index (χ1n) is 14.4. The fraction of sp³-hybridized carbons (Fsp3) is 0.500. The van der Waals surface area contributed by atoms with Crippen LogP contribution in [0.2, 0.25) is 0 Å². The number of alkyl carbamates (subject to hydrolysis) is 1. The second-order valence-electron chi connectivity index (χ2n) is 12.2. The van der Waals surface area contributed by atoms with Crippen LogP contribution in [0.5, 0.6) is 0 Å². The van der Waals surface area contributed by atoms with Crippen LogP contribution in [0.25, 0.3) is 0 Å². The van der Waals surface area contributed by atoms with E-state index in [1.54, 1.807) is 4.90 Å². The van der Waals surface area contributed by atoms with Gasteiger partial charge in [0.05, 0.1) is 12.3 Å². The summed E-state index contributed by atoms with van der Waals surface area (Å²) >= 11 is 0. The first-order valence-corrected chi connectivity index (χ1v) is 14.4. The van der Waals surface area contributed by atoms with Gasteiger partial charge in [0.2, 0.25) is 5.91 Å². The zero-order valence-corrected chi connectivity index (χ0v) is 24.2. The molecule has 2 aromatic rings. The van der Waals surface area contributed by atoms with Gasteiger partial charge in [-0.15, -0.1) is 0 Å². The number of aryl methyl sites for hydroxylation is 1. The fourth-order valence-corrected chi connectivity index (χ4v) is 5.79. The fourth-order valence-electron chi connectivity index (χ4n) is 5.79. The molecule has 1 saturated heterocycles. The number of hydrogen-bond acceptors (Lipinski definition) is 5. The van der Waals surface area contributed by atoms with Crippen molar-refractivity contribution >= 4 is 23.9 Å². The predicted molar refractivity (Wildman–Crippen MR) is 155 cm³/mol. The van der Waals surface area contributed by atoms with E-state index in [1.807, 2.05) is 69.3 Å². The summed E-state index contributed by atoms with van der Waals surface area (Å²) in [5.74, 6) is -1.70. The van der Waals surface area contributed by atoms with Crippen molar-refractivity contribution in [3.8, 4) is 0 Å². The number of nitrogens with zero attached hydrogens (tertiary/aromatic N) is 1. The van der Waals surface area contributed by atoms with Gasteiger partial charge < -0.3 is 25.4 Å². The summed E-state index contributed by atoms with van der Waals surface area (Å²) in [4.78, 5) is 51.2. The van der Waals surface area contributed by atoms with Crippen molar-refractivity contribution in [2.45, 2.75) is 70.9 Å². The normalized spacial score (nSPS) is 20.0. The molecular formula is C32H41N3O6. The van der Waals surface area contributed by atoms with Crippen molar-refractivity contribution < 1.29 is 29.0 Å². The third-order valence-electron chi connectivity index (χ3n) is 7.68. The topological polar surface area (TPSA) is 125 Å². The summed E-state index contributed by atoms with van der Waals surface area (Å²) < 4.78 is 5.32. The number of carboxylic acid groups (broad SMARTS) is 1. The molecule has 3 N–H and O–H groups in total. The van der Waals surface area contributed by atoms with Crippen molar-refractivity contribution in [1.82, 2.24) is 15.5 Å². The third-order valence-corrected chi connectivity index (χ3v) is 7.68. The zero-order valence-electron chi connectivity index (χ0n) is 24.2. The van der Waals surface area contributed by atoms with Crippen LogP contribution in [0, 0.1) is 11.8 Å². The number of benzene rings is 2. The first-order chi connectivity index (χ1) is 19.5. The third kappa shape index (κ3) is 8.55. The molecule has 2 aliphatic rings. The van der Waals surface area contributed by atoms with E-state index in [-0.39, 0.29) is 36.7 Å². The van der Waals surface area contributed by atoms with Crippen molar-refractivity contribution in [2.75, 3.05) is 19.6 Å². The Hall–Kier alpha value is -3.88. The summed E-state index contributed by atoms with van der Waals surface area (Å²) in [6.45, 7) is 6.76. The van der Waals surface area contributed by atoms with Gasteiger partial charge in [-0.05, 0) is 87.6 Å². The standard InChI is InChI=1S/C32H41N3O6/c1-32(2,3)41-31(40)34-19-22-14-23-11-12-24(16-25(23)15-22)29(38)33-20-27-17-26(18-28(36)37)30(39)35(27)13-7-10-21-8-5-4-6-9-21/h4-6,8-9,11-12,16,22,26-27H,7,10,13-15,17-20H2,1-3H3,(H,33,38)(H,34,40)(H,36,37)/t22?,26-,27-/m0/s1. The average Bonchev–Trinajstić information content (AvgIpc) is 3.45. The Morgan fingerprint density at radius 2 is 1.73 bits per heavy atom. The monoisotopic (exact) mass is 563 g/mol. The van der Waals surface area contributed by atoms with E-state index in [0.29, 0.717) is 25.1 Å². The molecule has 1 aliphatic carbocycles. The number of likely N-dealkylation sites (tertiary alicyclic amines) is 1. The molecule has 9 heteroatoms. The number of amides is 3. The van der Waals surface area contributed by atoms with Crippen LogP contribution in [0.3, 0.4) is 0 Å². The number of carboxylic acids is 1. The van der Waals surface area contributed by atoms with E-state index in [4.69, 9.17) is 4.74 Å². The molecule has 4 rings (SSSR count). The van der Waals surface area contributed by atoms with E-state index < -0.39 is 23.6 Å². The highest BCUT2D eigenvalue weighted by molar-refractivity contribution is 5.94. The summed E-state index contributed by atoms with van der Waals surface area (Å²) in [5.41, 5.74) is 3.44. The lowest BCUT2D eigenvalue weighted by Gasteiger charge is -2.25. The highest BCUT2D eigenvalue weighted by Gasteiger charge is 2.40. The lowest BCUT2D eigenvalue weighted by atomic mass is 10.0. The number of hydrogen-bond donors (Lipinski definition) is 3. The van der Waals surface area contributed by atoms with E-state index in [0.717, 1.165) is 31.2 Å². The van der Waals surface area contributed by atoms with Crippen LogP contribution < -0.4 is 10.6 Å². The van der Waals surface area contributed by atoms with E-state index in [2.05, 4.69) is 10.6 Å². The Balaban J connectivity index is 1.31. The molecule has 9 nitrogen and oxygen atoms in total. The molecule has 3 amide bonds. The van der Waals surface area contributed by atoms with Crippen molar-refractivity contribution in [1.29, 1.82) is 0 Å². The van der Waals surface area contributed by atoms with E-state index >= 15 is 0 Å². The van der Waals surface area contributed by atoms with Gasteiger partial charge >= 0.3 is 12.1 Å². The summed E-state index contributed by atoms with van der Waals surface area (Å²) in [5, 5.41) is 15.1. The molecule has 0 aromatic heterocycles. The number of carbonyl (C=O) groups is 4. The van der Waals surface area contributed by atoms with E-state index in [1.165, 1.54) is 11.1 Å². The first kappa shape index (κ1) is 30.1. The lowest BCUT2D eigenvalue weighted by Crippen LogP contribution is -2.42. The summed E-state index contributed by atoms with van der Waals surface area (Å²) in [6.07, 6.45) is 2.93. The number of fused-ring (bicyclic) bond motifs is 1. The Bertz CT molecular complexity index is 1260. The van der Waals surface area contributed by atoms with Gasteiger partial charge in [0, 0.05) is 31.2 Å². The molecule has 41 heavy (non-hydrogen) atoms. The molecule has 0 saturated carbocycles. The summed E-state index contributed by atoms with van der Waals surface area (Å²) in [6, 6.07) is 15.5. The molecule has 2 aromatic carbocycles. The van der Waals surface area contributed by atoms with Crippen LogP contribution in [-0.2, 0) is 33.6 Å². The quantitative estimate of drug-likeness (QED) is 0.380. The Kier molecular flexibility index (Phi) is 9.68. The molecule has 1 unspecified atom stereocenters. The molecule has 1 fully saturated rings. The molecule has 220 valence electrons. The lowest BCUT2D eigenvalue weighted by molar-refractivity contribution is -0.142. The maximum absolute atomic E-state index is 13.1. The predicted octanol–water partition coefficient (Wildman–Crippen LogP) is 3.98. The number of ether oxygens (including phenoxy) is 1. The Morgan fingerprint density at radius 1 is 1.00 bits per heavy atom. The average molecular weight is 564 g/mol. The van der Waals surface area contributed by atoms with Crippen LogP contribution in [0.4, 0.5) is 4.79 Å². The number of aliphatic carboxylic acids is 1. The van der Waals surface area contributed by atoms with Crippen molar-refractivity contribution in [3.05, 3.63) is 70.8 Å². The minimum Gasteiger partial charge on any atom is -0.481 e. The minimum absolute atomic E-state index is 0.150. The van der Waals surface area contributed by atoms with Gasteiger partial charge in [0.1, 0.15) is 5.60 Å². The van der Waals surface area contributed by atoms with Crippen molar-refractivity contribution in [3.63, 3.8) is 0 Å². The smallest absolute Gasteiger partial charge is 0.407 e. The second kappa shape index (κ2) is 13.2. The molecule has 0 spiro atoms. The molecule has 0 radical (unpaired) electrons. The van der Waals surface area contributed by atoms with Crippen LogP contribution in [-0.4, -0.2) is 65.2 Å². The number of nitrogens with one attached hydrogen (secondary N) is 2. The molecule has 1 heterocycles. The van der Waals surface area contributed by atoms with Crippen LogP contribution >= 0.6 is 0 Å². The largest absolute Gasteiger partial charge is 0.481 e. The molecule has 0 bridgehead atoms. The molecule has 1 aliphatic heterocycles. The van der Waals surface area contributed by atoms with E-state index in [9.17, 15) is 24.3 Å². The Morgan fingerprint density at radius 3 is 2.44 bits per heavy atom. The van der Waals surface area contributed by atoms with Gasteiger partial charge in [0.25, 0.3) is 5.91 Å². The Labute approximate surface area is 241 Å².